The van der Waals surface area contributed by atoms with Crippen molar-refractivity contribution in [3.05, 3.63) is 51.8 Å². The van der Waals surface area contributed by atoms with Crippen molar-refractivity contribution in [1.29, 1.82) is 0 Å². The van der Waals surface area contributed by atoms with Gasteiger partial charge in [0, 0.05) is 38.7 Å². The van der Waals surface area contributed by atoms with Crippen LogP contribution >= 0.6 is 0 Å². The topological polar surface area (TPSA) is 58.4 Å². The number of benzene rings is 1. The van der Waals surface area contributed by atoms with Crippen molar-refractivity contribution >= 4 is 11.7 Å². The van der Waals surface area contributed by atoms with Crippen molar-refractivity contribution in [2.24, 2.45) is 5.92 Å². The van der Waals surface area contributed by atoms with E-state index < -0.39 is 0 Å². The number of amides is 1. The van der Waals surface area contributed by atoms with Gasteiger partial charge in [-0.05, 0) is 61.9 Å². The van der Waals surface area contributed by atoms with Crippen LogP contribution in [0.4, 0.5) is 5.82 Å². The smallest absolute Gasteiger partial charge is 0.271 e. The minimum atomic E-state index is -0.136. The van der Waals surface area contributed by atoms with Crippen LogP contribution in [0.25, 0.3) is 5.69 Å². The van der Waals surface area contributed by atoms with Gasteiger partial charge < -0.3 is 9.80 Å². The average Bonchev–Trinajstić information content (AvgIpc) is 2.77. The number of aryl methyl sites for hydroxylation is 2. The standard InChI is InChI=1S/C24H32N4O2/c1-18-8-9-21(16-19(18)2)28-23(29)11-10-22(25-28)26-12-14-27(15-13-26)24(30)17-20-6-4-3-5-7-20/h8-11,16,20H,3-7,12-15,17H2,1-2H3. The van der Waals surface area contributed by atoms with Gasteiger partial charge in [0.15, 0.2) is 0 Å². The first-order valence-electron chi connectivity index (χ1n) is 11.2. The van der Waals surface area contributed by atoms with E-state index in [2.05, 4.69) is 16.9 Å². The average molecular weight is 409 g/mol. The van der Waals surface area contributed by atoms with Crippen molar-refractivity contribution < 1.29 is 4.79 Å². The van der Waals surface area contributed by atoms with E-state index in [4.69, 9.17) is 0 Å². The molecule has 1 aromatic carbocycles. The van der Waals surface area contributed by atoms with Gasteiger partial charge in [0.05, 0.1) is 5.69 Å². The number of rotatable bonds is 4. The molecule has 2 aromatic rings. The fraction of sp³-hybridized carbons (Fsp3) is 0.542. The summed E-state index contributed by atoms with van der Waals surface area (Å²) in [6.45, 7) is 7.02. The molecule has 0 bridgehead atoms. The van der Waals surface area contributed by atoms with E-state index >= 15 is 0 Å². The highest BCUT2D eigenvalue weighted by atomic mass is 16.2. The SMILES string of the molecule is Cc1ccc(-n2nc(N3CCN(C(=O)CC4CCCCC4)CC3)ccc2=O)cc1C. The number of carbonyl (C=O) groups is 1. The van der Waals surface area contributed by atoms with Gasteiger partial charge in [0.2, 0.25) is 5.91 Å². The summed E-state index contributed by atoms with van der Waals surface area (Å²) in [6.07, 6.45) is 6.98. The van der Waals surface area contributed by atoms with Crippen LogP contribution in [0.3, 0.4) is 0 Å². The first-order valence-corrected chi connectivity index (χ1v) is 11.2. The fourth-order valence-electron chi connectivity index (χ4n) is 4.56. The molecular weight excluding hydrogens is 376 g/mol. The summed E-state index contributed by atoms with van der Waals surface area (Å²) in [4.78, 5) is 29.3. The second-order valence-corrected chi connectivity index (χ2v) is 8.79. The molecule has 160 valence electrons. The molecule has 0 atom stereocenters. The summed E-state index contributed by atoms with van der Waals surface area (Å²) in [5.41, 5.74) is 2.98. The van der Waals surface area contributed by atoms with Gasteiger partial charge in [0.1, 0.15) is 5.82 Å². The van der Waals surface area contributed by atoms with Gasteiger partial charge in [-0.1, -0.05) is 25.3 Å². The van der Waals surface area contributed by atoms with Crippen LogP contribution in [0.15, 0.2) is 35.1 Å². The normalized spacial score (nSPS) is 17.9. The molecule has 2 heterocycles. The molecule has 1 saturated heterocycles. The van der Waals surface area contributed by atoms with E-state index in [0.29, 0.717) is 18.2 Å². The third-order valence-corrected chi connectivity index (χ3v) is 6.67. The Bertz CT molecular complexity index is 954. The van der Waals surface area contributed by atoms with Crippen LogP contribution in [0.5, 0.6) is 0 Å². The summed E-state index contributed by atoms with van der Waals surface area (Å²) in [5.74, 6) is 1.66. The molecule has 1 aromatic heterocycles. The quantitative estimate of drug-likeness (QED) is 0.777. The maximum Gasteiger partial charge on any atom is 0.271 e. The molecule has 1 saturated carbocycles. The number of piperazine rings is 1. The lowest BCUT2D eigenvalue weighted by Gasteiger charge is -2.36. The van der Waals surface area contributed by atoms with Crippen LogP contribution in [-0.4, -0.2) is 46.8 Å². The third-order valence-electron chi connectivity index (χ3n) is 6.67. The zero-order valence-corrected chi connectivity index (χ0v) is 18.1. The number of hydrogen-bond donors (Lipinski definition) is 0. The Morgan fingerprint density at radius 2 is 1.70 bits per heavy atom. The molecule has 0 radical (unpaired) electrons. The summed E-state index contributed by atoms with van der Waals surface area (Å²) < 4.78 is 1.47. The van der Waals surface area contributed by atoms with Crippen LogP contribution < -0.4 is 10.5 Å². The Labute approximate surface area is 178 Å². The lowest BCUT2D eigenvalue weighted by molar-refractivity contribution is -0.132. The molecule has 6 heteroatoms. The summed E-state index contributed by atoms with van der Waals surface area (Å²) >= 11 is 0. The second kappa shape index (κ2) is 9.02. The molecule has 0 spiro atoms. The van der Waals surface area contributed by atoms with E-state index in [1.165, 1.54) is 42.3 Å². The van der Waals surface area contributed by atoms with Crippen LogP contribution in [0.2, 0.25) is 0 Å². The highest BCUT2D eigenvalue weighted by Gasteiger charge is 2.25. The Kier molecular flexibility index (Phi) is 6.21. The molecule has 1 amide bonds. The predicted octanol–water partition coefficient (Wildman–Crippen LogP) is 3.47. The Hall–Kier alpha value is -2.63. The molecule has 1 aliphatic heterocycles. The van der Waals surface area contributed by atoms with Gasteiger partial charge in [-0.25, -0.2) is 0 Å². The van der Waals surface area contributed by atoms with E-state index in [1.54, 1.807) is 12.1 Å². The maximum absolute atomic E-state index is 12.7. The monoisotopic (exact) mass is 408 g/mol. The fourth-order valence-corrected chi connectivity index (χ4v) is 4.56. The van der Waals surface area contributed by atoms with E-state index in [-0.39, 0.29) is 5.56 Å². The maximum atomic E-state index is 12.7. The lowest BCUT2D eigenvalue weighted by atomic mass is 9.86. The molecule has 0 N–H and O–H groups in total. The molecule has 0 unspecified atom stereocenters. The molecule has 2 aliphatic rings. The van der Waals surface area contributed by atoms with Gasteiger partial charge in [-0.15, -0.1) is 5.10 Å². The van der Waals surface area contributed by atoms with Crippen molar-refractivity contribution in [2.45, 2.75) is 52.4 Å². The summed E-state index contributed by atoms with van der Waals surface area (Å²) in [7, 11) is 0. The largest absolute Gasteiger partial charge is 0.352 e. The summed E-state index contributed by atoms with van der Waals surface area (Å²) in [6, 6.07) is 9.32. The van der Waals surface area contributed by atoms with Crippen molar-refractivity contribution in [1.82, 2.24) is 14.7 Å². The molecule has 1 aliphatic carbocycles. The van der Waals surface area contributed by atoms with Crippen molar-refractivity contribution in [2.75, 3.05) is 31.1 Å². The number of hydrogen-bond acceptors (Lipinski definition) is 4. The van der Waals surface area contributed by atoms with Gasteiger partial charge in [0.25, 0.3) is 5.56 Å². The van der Waals surface area contributed by atoms with Crippen molar-refractivity contribution in [3.63, 3.8) is 0 Å². The van der Waals surface area contributed by atoms with E-state index in [0.717, 1.165) is 43.2 Å². The second-order valence-electron chi connectivity index (χ2n) is 8.79. The molecule has 30 heavy (non-hydrogen) atoms. The Balaban J connectivity index is 1.41. The number of carbonyl (C=O) groups excluding carboxylic acids is 1. The number of aromatic nitrogens is 2. The van der Waals surface area contributed by atoms with Gasteiger partial charge in [-0.2, -0.15) is 4.68 Å². The van der Waals surface area contributed by atoms with E-state index in [1.807, 2.05) is 30.0 Å². The van der Waals surface area contributed by atoms with Gasteiger partial charge in [-0.3, -0.25) is 9.59 Å². The lowest BCUT2D eigenvalue weighted by Crippen LogP contribution is -2.49. The zero-order chi connectivity index (χ0) is 21.1. The number of nitrogens with zero attached hydrogens (tertiary/aromatic N) is 4. The number of anilines is 1. The minimum absolute atomic E-state index is 0.136. The summed E-state index contributed by atoms with van der Waals surface area (Å²) in [5, 5.41) is 4.63. The predicted molar refractivity (Wildman–Crippen MR) is 119 cm³/mol. The Morgan fingerprint density at radius 1 is 0.967 bits per heavy atom. The molecular formula is C24H32N4O2. The first kappa shape index (κ1) is 20.6. The molecule has 6 nitrogen and oxygen atoms in total. The third kappa shape index (κ3) is 4.58. The molecule has 4 rings (SSSR count). The van der Waals surface area contributed by atoms with Crippen LogP contribution in [-0.2, 0) is 4.79 Å². The van der Waals surface area contributed by atoms with Gasteiger partial charge >= 0.3 is 0 Å². The van der Waals surface area contributed by atoms with Crippen LogP contribution in [0.1, 0.15) is 49.7 Å². The highest BCUT2D eigenvalue weighted by Crippen LogP contribution is 2.27. The molecule has 2 fully saturated rings. The Morgan fingerprint density at radius 3 is 2.40 bits per heavy atom. The van der Waals surface area contributed by atoms with Crippen LogP contribution in [0, 0.1) is 19.8 Å². The highest BCUT2D eigenvalue weighted by molar-refractivity contribution is 5.76. The minimum Gasteiger partial charge on any atom is -0.352 e. The first-order chi connectivity index (χ1) is 14.5. The zero-order valence-electron chi connectivity index (χ0n) is 18.1. The van der Waals surface area contributed by atoms with Crippen molar-refractivity contribution in [3.8, 4) is 5.69 Å². The van der Waals surface area contributed by atoms with E-state index in [9.17, 15) is 9.59 Å².